The summed E-state index contributed by atoms with van der Waals surface area (Å²) in [4.78, 5) is 42.0. The van der Waals surface area contributed by atoms with Crippen molar-refractivity contribution in [3.8, 4) is 0 Å². The number of aliphatic hydroxyl groups excluding tert-OH is 2. The number of hydrogen-bond acceptors (Lipinski definition) is 7. The third-order valence-electron chi connectivity index (χ3n) is 7.63. The number of aliphatic hydroxyl groups is 3. The molecule has 2 amide bonds. The molecular formula is C26H31N3O6. The normalized spacial score (nSPS) is 25.7. The van der Waals surface area contributed by atoms with E-state index in [9.17, 15) is 29.7 Å². The van der Waals surface area contributed by atoms with E-state index in [-0.39, 0.29) is 47.0 Å². The number of ketones is 1. The molecule has 0 aliphatic heterocycles. The number of anilines is 1. The van der Waals surface area contributed by atoms with Crippen molar-refractivity contribution in [2.75, 3.05) is 33.1 Å². The Morgan fingerprint density at radius 2 is 1.80 bits per heavy atom. The van der Waals surface area contributed by atoms with Crippen LogP contribution in [0.2, 0.25) is 0 Å². The maximum Gasteiger partial charge on any atom is 0.253 e. The largest absolute Gasteiger partial charge is 0.511 e. The maximum atomic E-state index is 13.8. The van der Waals surface area contributed by atoms with Crippen molar-refractivity contribution in [2.45, 2.75) is 31.8 Å². The molecule has 3 aliphatic rings. The molecule has 5 N–H and O–H groups in total. The van der Waals surface area contributed by atoms with Gasteiger partial charge in [0, 0.05) is 68.5 Å². The fourth-order valence-electron chi connectivity index (χ4n) is 5.89. The second kappa shape index (κ2) is 7.98. The fourth-order valence-corrected chi connectivity index (χ4v) is 5.89. The monoisotopic (exact) mass is 481 g/mol. The first-order valence-electron chi connectivity index (χ1n) is 11.4. The van der Waals surface area contributed by atoms with Crippen LogP contribution in [0.4, 0.5) is 5.69 Å². The highest BCUT2D eigenvalue weighted by atomic mass is 16.3. The zero-order chi connectivity index (χ0) is 26.1. The van der Waals surface area contributed by atoms with Crippen LogP contribution in [0.5, 0.6) is 0 Å². The van der Waals surface area contributed by atoms with Gasteiger partial charge in [-0.1, -0.05) is 6.58 Å². The Morgan fingerprint density at radius 3 is 2.34 bits per heavy atom. The fraction of sp³-hybridized carbons (Fsp3) is 0.423. The first kappa shape index (κ1) is 24.5. The molecule has 9 nitrogen and oxygen atoms in total. The van der Waals surface area contributed by atoms with Gasteiger partial charge in [-0.05, 0) is 42.9 Å². The van der Waals surface area contributed by atoms with Crippen LogP contribution in [0.15, 0.2) is 35.1 Å². The summed E-state index contributed by atoms with van der Waals surface area (Å²) in [5, 5.41) is 33.5. The molecule has 0 heterocycles. The van der Waals surface area contributed by atoms with Gasteiger partial charge in [-0.2, -0.15) is 0 Å². The summed E-state index contributed by atoms with van der Waals surface area (Å²) in [6.45, 7) is 5.47. The zero-order valence-corrected chi connectivity index (χ0v) is 20.6. The van der Waals surface area contributed by atoms with Crippen LogP contribution in [0.1, 0.15) is 39.9 Å². The maximum absolute atomic E-state index is 13.8. The first-order chi connectivity index (χ1) is 16.2. The van der Waals surface area contributed by atoms with Crippen LogP contribution in [0.3, 0.4) is 0 Å². The molecule has 1 aromatic rings. The SMILES string of the molecule is C=C1C(C(N)=O)=C(O)C[C@@H]2CC3Cc4c(N(C)C)cc(C(=O)N(C)C)c(C)c4C(O)=C3C(=O)[C@]12O. The number of rotatable bonds is 3. The minimum Gasteiger partial charge on any atom is -0.511 e. The number of nitrogens with zero attached hydrogens (tertiary/aromatic N) is 2. The highest BCUT2D eigenvalue weighted by Gasteiger charge is 2.58. The lowest BCUT2D eigenvalue weighted by molar-refractivity contribution is -0.140. The minimum absolute atomic E-state index is 0.0462. The number of primary amides is 1. The van der Waals surface area contributed by atoms with E-state index in [2.05, 4.69) is 6.58 Å². The van der Waals surface area contributed by atoms with Gasteiger partial charge in [0.1, 0.15) is 11.5 Å². The molecule has 0 radical (unpaired) electrons. The predicted molar refractivity (Wildman–Crippen MR) is 131 cm³/mol. The van der Waals surface area contributed by atoms with E-state index in [1.54, 1.807) is 27.1 Å². The quantitative estimate of drug-likeness (QED) is 0.515. The smallest absolute Gasteiger partial charge is 0.253 e. The van der Waals surface area contributed by atoms with Crippen molar-refractivity contribution in [1.29, 1.82) is 0 Å². The Balaban J connectivity index is 1.96. The van der Waals surface area contributed by atoms with Gasteiger partial charge in [-0.15, -0.1) is 0 Å². The molecule has 1 saturated carbocycles. The Hall–Kier alpha value is -3.59. The van der Waals surface area contributed by atoms with Crippen molar-refractivity contribution in [3.05, 3.63) is 57.4 Å². The third kappa shape index (κ3) is 3.29. The summed E-state index contributed by atoms with van der Waals surface area (Å²) in [6, 6.07) is 1.80. The predicted octanol–water partition coefficient (Wildman–Crippen LogP) is 1.78. The Kier molecular flexibility index (Phi) is 5.59. The van der Waals surface area contributed by atoms with Crippen molar-refractivity contribution in [1.82, 2.24) is 4.90 Å². The molecule has 186 valence electrons. The van der Waals surface area contributed by atoms with E-state index in [1.807, 2.05) is 19.0 Å². The first-order valence-corrected chi connectivity index (χ1v) is 11.4. The van der Waals surface area contributed by atoms with Crippen LogP contribution in [-0.2, 0) is 16.0 Å². The Morgan fingerprint density at radius 1 is 1.17 bits per heavy atom. The molecule has 9 heteroatoms. The van der Waals surface area contributed by atoms with Gasteiger partial charge in [0.25, 0.3) is 11.8 Å². The van der Waals surface area contributed by atoms with Crippen LogP contribution in [0.25, 0.3) is 5.76 Å². The molecule has 35 heavy (non-hydrogen) atoms. The second-order valence-electron chi connectivity index (χ2n) is 10.1. The summed E-state index contributed by atoms with van der Waals surface area (Å²) in [5.41, 5.74) is 5.54. The van der Waals surface area contributed by atoms with Crippen LogP contribution < -0.4 is 10.6 Å². The molecule has 0 spiro atoms. The number of Topliss-reactive ketones (excluding diaryl/α,β-unsaturated/α-hetero) is 1. The lowest BCUT2D eigenvalue weighted by Gasteiger charge is -2.48. The van der Waals surface area contributed by atoms with Crippen molar-refractivity contribution in [3.63, 3.8) is 0 Å². The van der Waals surface area contributed by atoms with Crippen molar-refractivity contribution < 1.29 is 29.7 Å². The number of carbonyl (C=O) groups is 3. The van der Waals surface area contributed by atoms with Crippen LogP contribution >= 0.6 is 0 Å². The average Bonchev–Trinajstić information content (AvgIpc) is 2.75. The molecule has 0 saturated heterocycles. The lowest BCUT2D eigenvalue weighted by atomic mass is 9.57. The van der Waals surface area contributed by atoms with Crippen LogP contribution in [-0.4, -0.2) is 71.6 Å². The molecule has 1 fully saturated rings. The van der Waals surface area contributed by atoms with E-state index < -0.39 is 29.1 Å². The summed E-state index contributed by atoms with van der Waals surface area (Å²) < 4.78 is 0. The number of fused-ring (bicyclic) bond motifs is 3. The summed E-state index contributed by atoms with van der Waals surface area (Å²) in [6.07, 6.45) is 0.574. The standard InChI is InChI=1S/C26H31N3O6/c1-11-15(25(34)29(5)6)10-17(28(3)4)16-8-13-7-14-9-18(30)20(24(27)33)12(2)26(14,35)23(32)21(13)22(31)19(11)16/h10,13-14,30-31,35H,2,7-9H2,1,3-6H3,(H2,27,33)/t13?,14-,26-/m0/s1. The second-order valence-corrected chi connectivity index (χ2v) is 10.1. The van der Waals surface area contributed by atoms with E-state index in [4.69, 9.17) is 5.73 Å². The Labute approximate surface area is 203 Å². The topological polar surface area (TPSA) is 144 Å². The van der Waals surface area contributed by atoms with Gasteiger partial charge >= 0.3 is 0 Å². The van der Waals surface area contributed by atoms with Gasteiger partial charge in [-0.25, -0.2) is 0 Å². The van der Waals surface area contributed by atoms with E-state index in [0.29, 0.717) is 23.1 Å². The highest BCUT2D eigenvalue weighted by molar-refractivity contribution is 6.14. The number of hydrogen-bond donors (Lipinski definition) is 4. The van der Waals surface area contributed by atoms with Gasteiger partial charge < -0.3 is 30.9 Å². The van der Waals surface area contributed by atoms with Gasteiger partial charge in [0.2, 0.25) is 0 Å². The number of carbonyl (C=O) groups excluding carboxylic acids is 3. The van der Waals surface area contributed by atoms with Gasteiger partial charge in [-0.3, -0.25) is 14.4 Å². The van der Waals surface area contributed by atoms with Crippen LogP contribution in [0, 0.1) is 18.8 Å². The molecule has 1 unspecified atom stereocenters. The van der Waals surface area contributed by atoms with E-state index in [1.165, 1.54) is 4.90 Å². The molecule has 0 aromatic heterocycles. The summed E-state index contributed by atoms with van der Waals surface area (Å²) in [5.74, 6) is -3.72. The molecule has 4 rings (SSSR count). The minimum atomic E-state index is -2.18. The molecule has 3 aliphatic carbocycles. The highest BCUT2D eigenvalue weighted by Crippen LogP contribution is 2.54. The Bertz CT molecular complexity index is 1270. The summed E-state index contributed by atoms with van der Waals surface area (Å²) >= 11 is 0. The molecule has 3 atom stereocenters. The van der Waals surface area contributed by atoms with Crippen molar-refractivity contribution in [2.24, 2.45) is 17.6 Å². The number of amides is 2. The van der Waals surface area contributed by atoms with E-state index >= 15 is 0 Å². The zero-order valence-electron chi connectivity index (χ0n) is 20.6. The molecule has 1 aromatic carbocycles. The number of allylic oxidation sites excluding steroid dienone is 1. The molecule has 0 bridgehead atoms. The molecular weight excluding hydrogens is 450 g/mol. The number of benzene rings is 1. The summed E-state index contributed by atoms with van der Waals surface area (Å²) in [7, 11) is 6.96. The third-order valence-corrected chi connectivity index (χ3v) is 7.63. The van der Waals surface area contributed by atoms with Gasteiger partial charge in [0.15, 0.2) is 11.4 Å². The number of nitrogens with two attached hydrogens (primary N) is 1. The van der Waals surface area contributed by atoms with E-state index in [0.717, 1.165) is 11.3 Å². The van der Waals surface area contributed by atoms with Gasteiger partial charge in [0.05, 0.1) is 5.57 Å². The lowest BCUT2D eigenvalue weighted by Crippen LogP contribution is -2.57. The van der Waals surface area contributed by atoms with Crippen molar-refractivity contribution >= 4 is 29.0 Å². The average molecular weight is 482 g/mol.